The molecule has 0 saturated heterocycles. The van der Waals surface area contributed by atoms with Crippen LogP contribution in [0.25, 0.3) is 16.7 Å². The van der Waals surface area contributed by atoms with E-state index in [1.807, 2.05) is 35.8 Å². The number of fused-ring (bicyclic) bond motifs is 1. The predicted octanol–water partition coefficient (Wildman–Crippen LogP) is 4.77. The largest absolute Gasteiger partial charge is 0.461 e. The first-order valence-corrected chi connectivity index (χ1v) is 8.58. The number of rotatable bonds is 3. The SMILES string of the molecule is CCOC(=O)c1c(I)c2cc(Cl)ccc2n1-c1cc(C)ccn1. The van der Waals surface area contributed by atoms with Crippen LogP contribution in [0.1, 0.15) is 23.0 Å². The van der Waals surface area contributed by atoms with Gasteiger partial charge < -0.3 is 4.74 Å². The minimum atomic E-state index is -0.368. The standard InChI is InChI=1S/C17H14ClIN2O2/c1-3-23-17(22)16-15(19)12-9-11(18)4-5-13(12)21(16)14-8-10(2)6-7-20-14/h4-9H,3H2,1-2H3. The zero-order valence-electron chi connectivity index (χ0n) is 12.6. The Morgan fingerprint density at radius 3 is 2.83 bits per heavy atom. The van der Waals surface area contributed by atoms with Crippen molar-refractivity contribution in [2.75, 3.05) is 6.61 Å². The summed E-state index contributed by atoms with van der Waals surface area (Å²) in [6.45, 7) is 4.10. The zero-order chi connectivity index (χ0) is 16.6. The van der Waals surface area contributed by atoms with Crippen LogP contribution >= 0.6 is 34.2 Å². The summed E-state index contributed by atoms with van der Waals surface area (Å²) in [5.74, 6) is 0.316. The van der Waals surface area contributed by atoms with Gasteiger partial charge in [0.1, 0.15) is 11.5 Å². The fourth-order valence-corrected chi connectivity index (χ4v) is 3.55. The van der Waals surface area contributed by atoms with Gasteiger partial charge in [-0.1, -0.05) is 11.6 Å². The van der Waals surface area contributed by atoms with Gasteiger partial charge in [-0.15, -0.1) is 0 Å². The molecule has 0 aliphatic rings. The van der Waals surface area contributed by atoms with Gasteiger partial charge in [-0.25, -0.2) is 9.78 Å². The summed E-state index contributed by atoms with van der Waals surface area (Å²) in [5, 5.41) is 1.53. The van der Waals surface area contributed by atoms with Gasteiger partial charge in [-0.05, 0) is 72.3 Å². The molecule has 0 amide bonds. The lowest BCUT2D eigenvalue weighted by molar-refractivity contribution is 0.0516. The molecular weight excluding hydrogens is 427 g/mol. The summed E-state index contributed by atoms with van der Waals surface area (Å²) in [7, 11) is 0. The fourth-order valence-electron chi connectivity index (χ4n) is 2.49. The topological polar surface area (TPSA) is 44.1 Å². The van der Waals surface area contributed by atoms with Gasteiger partial charge in [0.25, 0.3) is 0 Å². The number of carbonyl (C=O) groups excluding carboxylic acids is 1. The fraction of sp³-hybridized carbons (Fsp3) is 0.176. The van der Waals surface area contributed by atoms with Gasteiger partial charge in [0, 0.05) is 16.6 Å². The molecule has 0 radical (unpaired) electrons. The normalized spacial score (nSPS) is 11.0. The summed E-state index contributed by atoms with van der Waals surface area (Å²) in [6.07, 6.45) is 1.73. The van der Waals surface area contributed by atoms with E-state index in [0.29, 0.717) is 23.1 Å². The molecule has 6 heteroatoms. The minimum absolute atomic E-state index is 0.318. The van der Waals surface area contributed by atoms with Crippen molar-refractivity contribution in [1.82, 2.24) is 9.55 Å². The second-order valence-electron chi connectivity index (χ2n) is 5.07. The third kappa shape index (κ3) is 2.95. The second-order valence-corrected chi connectivity index (χ2v) is 6.59. The lowest BCUT2D eigenvalue weighted by Gasteiger charge is -2.10. The summed E-state index contributed by atoms with van der Waals surface area (Å²) < 4.78 is 7.87. The van der Waals surface area contributed by atoms with E-state index in [1.165, 1.54) is 0 Å². The summed E-state index contributed by atoms with van der Waals surface area (Å²) >= 11 is 8.28. The van der Waals surface area contributed by atoms with E-state index in [4.69, 9.17) is 16.3 Å². The van der Waals surface area contributed by atoms with Gasteiger partial charge in [0.2, 0.25) is 0 Å². The van der Waals surface area contributed by atoms with Crippen molar-refractivity contribution in [3.63, 3.8) is 0 Å². The van der Waals surface area contributed by atoms with E-state index < -0.39 is 0 Å². The van der Waals surface area contributed by atoms with E-state index in [-0.39, 0.29) is 5.97 Å². The molecule has 4 nitrogen and oxygen atoms in total. The Hall–Kier alpha value is -1.60. The smallest absolute Gasteiger partial charge is 0.356 e. The van der Waals surface area contributed by atoms with Gasteiger partial charge in [-0.2, -0.15) is 0 Å². The van der Waals surface area contributed by atoms with Gasteiger partial charge >= 0.3 is 5.97 Å². The molecule has 0 saturated carbocycles. The monoisotopic (exact) mass is 440 g/mol. The zero-order valence-corrected chi connectivity index (χ0v) is 15.6. The van der Waals surface area contributed by atoms with Crippen molar-refractivity contribution in [3.05, 3.63) is 56.4 Å². The lowest BCUT2D eigenvalue weighted by Crippen LogP contribution is -2.13. The van der Waals surface area contributed by atoms with Crippen molar-refractivity contribution < 1.29 is 9.53 Å². The molecule has 0 aliphatic carbocycles. The molecule has 0 unspecified atom stereocenters. The van der Waals surface area contributed by atoms with Gasteiger partial charge in [-0.3, -0.25) is 4.57 Å². The second kappa shape index (κ2) is 6.49. The number of nitrogens with zero attached hydrogens (tertiary/aromatic N) is 2. The molecule has 2 aromatic heterocycles. The van der Waals surface area contributed by atoms with Crippen LogP contribution in [0, 0.1) is 10.5 Å². The minimum Gasteiger partial charge on any atom is -0.461 e. The van der Waals surface area contributed by atoms with Crippen LogP contribution in [0.2, 0.25) is 5.02 Å². The first-order chi connectivity index (χ1) is 11.0. The molecule has 3 aromatic rings. The van der Waals surface area contributed by atoms with Crippen LogP contribution in [-0.2, 0) is 4.74 Å². The molecule has 3 rings (SSSR count). The number of aromatic nitrogens is 2. The Bertz CT molecular complexity index is 905. The average Bonchev–Trinajstić information content (AvgIpc) is 2.80. The third-order valence-corrected chi connectivity index (χ3v) is 4.79. The predicted molar refractivity (Wildman–Crippen MR) is 99.5 cm³/mol. The molecule has 0 atom stereocenters. The number of aryl methyl sites for hydroxylation is 1. The maximum absolute atomic E-state index is 12.5. The van der Waals surface area contributed by atoms with Crippen molar-refractivity contribution in [2.45, 2.75) is 13.8 Å². The number of ether oxygens (including phenoxy) is 1. The first kappa shape index (κ1) is 16.3. The number of benzene rings is 1. The Balaban J connectivity index is 2.37. The Labute approximate surface area is 152 Å². The van der Waals surface area contributed by atoms with E-state index in [0.717, 1.165) is 20.0 Å². The van der Waals surface area contributed by atoms with E-state index in [1.54, 1.807) is 19.2 Å². The number of pyridine rings is 1. The molecule has 0 fully saturated rings. The maximum atomic E-state index is 12.5. The highest BCUT2D eigenvalue weighted by atomic mass is 127. The van der Waals surface area contributed by atoms with Crippen molar-refractivity contribution in [2.24, 2.45) is 0 Å². The molecular formula is C17H14ClIN2O2. The van der Waals surface area contributed by atoms with Crippen LogP contribution < -0.4 is 0 Å². The molecule has 118 valence electrons. The highest BCUT2D eigenvalue weighted by molar-refractivity contribution is 14.1. The molecule has 23 heavy (non-hydrogen) atoms. The van der Waals surface area contributed by atoms with Crippen molar-refractivity contribution >= 4 is 51.1 Å². The number of esters is 1. The Kier molecular flexibility index (Phi) is 4.59. The molecule has 0 N–H and O–H groups in total. The Morgan fingerprint density at radius 2 is 2.13 bits per heavy atom. The molecule has 0 spiro atoms. The summed E-state index contributed by atoms with van der Waals surface area (Å²) in [6, 6.07) is 9.41. The molecule has 2 heterocycles. The number of hydrogen-bond acceptors (Lipinski definition) is 3. The number of halogens is 2. The van der Waals surface area contributed by atoms with E-state index in [2.05, 4.69) is 27.6 Å². The molecule has 0 aliphatic heterocycles. The average molecular weight is 441 g/mol. The summed E-state index contributed by atoms with van der Waals surface area (Å²) in [4.78, 5) is 16.9. The van der Waals surface area contributed by atoms with Crippen molar-refractivity contribution in [1.29, 1.82) is 0 Å². The maximum Gasteiger partial charge on any atom is 0.356 e. The van der Waals surface area contributed by atoms with Crippen molar-refractivity contribution in [3.8, 4) is 5.82 Å². The van der Waals surface area contributed by atoms with Crippen LogP contribution in [0.4, 0.5) is 0 Å². The van der Waals surface area contributed by atoms with E-state index in [9.17, 15) is 4.79 Å². The summed E-state index contributed by atoms with van der Waals surface area (Å²) in [5.41, 5.74) is 2.42. The number of carbonyl (C=O) groups is 1. The van der Waals surface area contributed by atoms with Crippen LogP contribution in [0.15, 0.2) is 36.5 Å². The quantitative estimate of drug-likeness (QED) is 0.435. The third-order valence-electron chi connectivity index (χ3n) is 3.47. The highest BCUT2D eigenvalue weighted by Crippen LogP contribution is 2.32. The molecule has 1 aromatic carbocycles. The van der Waals surface area contributed by atoms with Crippen LogP contribution in [0.3, 0.4) is 0 Å². The van der Waals surface area contributed by atoms with Crippen LogP contribution in [0.5, 0.6) is 0 Å². The van der Waals surface area contributed by atoms with Gasteiger partial charge in [0.15, 0.2) is 0 Å². The number of hydrogen-bond donors (Lipinski definition) is 0. The lowest BCUT2D eigenvalue weighted by atomic mass is 10.2. The molecule has 0 bridgehead atoms. The highest BCUT2D eigenvalue weighted by Gasteiger charge is 2.24. The van der Waals surface area contributed by atoms with Gasteiger partial charge in [0.05, 0.1) is 15.7 Å². The first-order valence-electron chi connectivity index (χ1n) is 7.12. The van der Waals surface area contributed by atoms with E-state index >= 15 is 0 Å². The van der Waals surface area contributed by atoms with Crippen LogP contribution in [-0.4, -0.2) is 22.1 Å². The Morgan fingerprint density at radius 1 is 1.35 bits per heavy atom.